The van der Waals surface area contributed by atoms with Gasteiger partial charge in [0.2, 0.25) is 0 Å². The third-order valence-electron chi connectivity index (χ3n) is 2.50. The lowest BCUT2D eigenvalue weighted by molar-refractivity contribution is -0.144. The van der Waals surface area contributed by atoms with Crippen molar-refractivity contribution in [1.82, 2.24) is 5.32 Å². The molecule has 0 heterocycles. The Morgan fingerprint density at radius 3 is 2.88 bits per heavy atom. The van der Waals surface area contributed by atoms with Gasteiger partial charge >= 0.3 is 5.97 Å². The molecule has 0 aromatic heterocycles. The number of carboxylic acid groups (broad SMARTS) is 1. The second-order valence-corrected chi connectivity index (χ2v) is 4.00. The maximum Gasteiger partial charge on any atom is 0.323 e. The molecule has 0 saturated heterocycles. The maximum atomic E-state index is 13.0. The summed E-state index contributed by atoms with van der Waals surface area (Å²) >= 11 is 0. The van der Waals surface area contributed by atoms with Crippen LogP contribution in [0.2, 0.25) is 0 Å². The second-order valence-electron chi connectivity index (χ2n) is 4.00. The van der Waals surface area contributed by atoms with Crippen molar-refractivity contribution in [2.75, 3.05) is 6.54 Å². The first-order valence-electron chi connectivity index (χ1n) is 5.14. The predicted molar refractivity (Wildman–Crippen MR) is 63.0 cm³/mol. The molecule has 0 amide bonds. The van der Waals surface area contributed by atoms with Gasteiger partial charge in [0.05, 0.1) is 6.54 Å². The number of carbonyl (C=O) groups is 1. The number of carboxylic acids is 1. The minimum absolute atomic E-state index is 0.151. The van der Waals surface area contributed by atoms with Crippen LogP contribution in [-0.2, 0) is 11.2 Å². The Hall–Kier alpha value is -1.86. The third kappa shape index (κ3) is 3.58. The van der Waals surface area contributed by atoms with Gasteiger partial charge in [-0.25, -0.2) is 4.39 Å². The van der Waals surface area contributed by atoms with Crippen molar-refractivity contribution in [3.63, 3.8) is 0 Å². The van der Waals surface area contributed by atoms with Gasteiger partial charge in [0, 0.05) is 6.42 Å². The Bertz CT molecular complexity index is 453. The minimum Gasteiger partial charge on any atom is -0.480 e. The molecule has 1 aromatic carbocycles. The van der Waals surface area contributed by atoms with Crippen molar-refractivity contribution in [1.29, 1.82) is 0 Å². The Kier molecular flexibility index (Phi) is 4.24. The highest BCUT2D eigenvalue weighted by molar-refractivity contribution is 5.78. The van der Waals surface area contributed by atoms with E-state index in [1.165, 1.54) is 19.1 Å². The fourth-order valence-corrected chi connectivity index (χ4v) is 1.52. The summed E-state index contributed by atoms with van der Waals surface area (Å²) in [5, 5.41) is 11.9. The van der Waals surface area contributed by atoms with Gasteiger partial charge in [0.15, 0.2) is 0 Å². The van der Waals surface area contributed by atoms with Crippen LogP contribution < -0.4 is 5.32 Å². The average molecular weight is 235 g/mol. The van der Waals surface area contributed by atoms with Crippen LogP contribution in [0.4, 0.5) is 4.39 Å². The normalized spacial score (nSPS) is 13.7. The Labute approximate surface area is 99.7 Å². The van der Waals surface area contributed by atoms with Gasteiger partial charge in [-0.3, -0.25) is 10.1 Å². The minimum atomic E-state index is -1.19. The van der Waals surface area contributed by atoms with E-state index in [4.69, 9.17) is 11.5 Å². The molecule has 4 heteroatoms. The van der Waals surface area contributed by atoms with Crippen LogP contribution >= 0.6 is 0 Å². The molecular formula is C13H14FNO2. The second kappa shape index (κ2) is 5.46. The number of hydrogen-bond donors (Lipinski definition) is 2. The number of nitrogens with one attached hydrogen (secondary N) is 1. The van der Waals surface area contributed by atoms with Crippen LogP contribution in [0.3, 0.4) is 0 Å². The van der Waals surface area contributed by atoms with Crippen molar-refractivity contribution in [3.8, 4) is 12.3 Å². The topological polar surface area (TPSA) is 49.3 Å². The summed E-state index contributed by atoms with van der Waals surface area (Å²) in [7, 11) is 0. The fraction of sp³-hybridized carbons (Fsp3) is 0.308. The van der Waals surface area contributed by atoms with Gasteiger partial charge in [-0.2, -0.15) is 0 Å². The third-order valence-corrected chi connectivity index (χ3v) is 2.50. The molecule has 0 saturated carbocycles. The monoisotopic (exact) mass is 235 g/mol. The van der Waals surface area contributed by atoms with E-state index < -0.39 is 11.5 Å². The Balaban J connectivity index is 2.87. The molecule has 0 radical (unpaired) electrons. The van der Waals surface area contributed by atoms with Crippen LogP contribution in [0.5, 0.6) is 0 Å². The lowest BCUT2D eigenvalue weighted by Crippen LogP contribution is -2.51. The molecular weight excluding hydrogens is 221 g/mol. The smallest absolute Gasteiger partial charge is 0.323 e. The summed E-state index contributed by atoms with van der Waals surface area (Å²) < 4.78 is 13.0. The van der Waals surface area contributed by atoms with E-state index in [1.807, 2.05) is 0 Å². The van der Waals surface area contributed by atoms with Gasteiger partial charge in [-0.15, -0.1) is 6.42 Å². The van der Waals surface area contributed by atoms with Gasteiger partial charge < -0.3 is 5.11 Å². The summed E-state index contributed by atoms with van der Waals surface area (Å²) in [6, 6.07) is 5.87. The lowest BCUT2D eigenvalue weighted by atomic mass is 9.93. The van der Waals surface area contributed by atoms with Crippen molar-refractivity contribution >= 4 is 5.97 Å². The largest absolute Gasteiger partial charge is 0.480 e. The number of terminal acetylenes is 1. The highest BCUT2D eigenvalue weighted by Gasteiger charge is 2.32. The molecule has 1 atom stereocenters. The van der Waals surface area contributed by atoms with Crippen LogP contribution in [0.25, 0.3) is 0 Å². The summed E-state index contributed by atoms with van der Waals surface area (Å²) in [4.78, 5) is 11.2. The first-order valence-corrected chi connectivity index (χ1v) is 5.14. The van der Waals surface area contributed by atoms with Crippen molar-refractivity contribution < 1.29 is 14.3 Å². The summed E-state index contributed by atoms with van der Waals surface area (Å²) in [6.07, 6.45) is 5.26. The molecule has 1 unspecified atom stereocenters. The van der Waals surface area contributed by atoms with Gasteiger partial charge in [-0.1, -0.05) is 18.1 Å². The Morgan fingerprint density at radius 2 is 2.35 bits per heavy atom. The van der Waals surface area contributed by atoms with E-state index in [9.17, 15) is 9.18 Å². The summed E-state index contributed by atoms with van der Waals surface area (Å²) in [5.41, 5.74) is -0.584. The van der Waals surface area contributed by atoms with Gasteiger partial charge in [-0.05, 0) is 24.6 Å². The van der Waals surface area contributed by atoms with E-state index in [0.717, 1.165) is 0 Å². The van der Waals surface area contributed by atoms with E-state index >= 15 is 0 Å². The molecule has 90 valence electrons. The Morgan fingerprint density at radius 1 is 1.65 bits per heavy atom. The molecule has 2 N–H and O–H groups in total. The molecule has 3 nitrogen and oxygen atoms in total. The van der Waals surface area contributed by atoms with Crippen LogP contribution in [0, 0.1) is 18.2 Å². The van der Waals surface area contributed by atoms with Crippen molar-refractivity contribution in [3.05, 3.63) is 35.6 Å². The maximum absolute atomic E-state index is 13.0. The van der Waals surface area contributed by atoms with E-state index in [2.05, 4.69) is 11.2 Å². The van der Waals surface area contributed by atoms with Gasteiger partial charge in [0.25, 0.3) is 0 Å². The molecule has 0 aliphatic heterocycles. The van der Waals surface area contributed by atoms with Crippen LogP contribution in [0.1, 0.15) is 12.5 Å². The molecule has 0 fully saturated rings. The lowest BCUT2D eigenvalue weighted by Gasteiger charge is -2.25. The molecule has 1 rings (SSSR count). The van der Waals surface area contributed by atoms with Crippen molar-refractivity contribution in [2.24, 2.45) is 0 Å². The van der Waals surface area contributed by atoms with E-state index in [1.54, 1.807) is 12.1 Å². The van der Waals surface area contributed by atoms with E-state index in [-0.39, 0.29) is 18.8 Å². The number of halogens is 1. The SMILES string of the molecule is C#CCNC(C)(Cc1cccc(F)c1)C(=O)O. The fourth-order valence-electron chi connectivity index (χ4n) is 1.52. The number of hydrogen-bond acceptors (Lipinski definition) is 2. The summed E-state index contributed by atoms with van der Waals surface area (Å²) in [5.74, 6) is 0.928. The number of benzene rings is 1. The van der Waals surface area contributed by atoms with Gasteiger partial charge in [0.1, 0.15) is 11.4 Å². The highest BCUT2D eigenvalue weighted by Crippen LogP contribution is 2.14. The highest BCUT2D eigenvalue weighted by atomic mass is 19.1. The molecule has 0 spiro atoms. The first-order chi connectivity index (χ1) is 7.98. The molecule has 0 bridgehead atoms. The first kappa shape index (κ1) is 13.2. The standard InChI is InChI=1S/C13H14FNO2/c1-3-7-15-13(2,12(16)17)9-10-5-4-6-11(14)8-10/h1,4-6,8,15H,7,9H2,2H3,(H,16,17). The van der Waals surface area contributed by atoms with Crippen molar-refractivity contribution in [2.45, 2.75) is 18.9 Å². The number of rotatable bonds is 5. The quantitative estimate of drug-likeness (QED) is 0.759. The average Bonchev–Trinajstić information content (AvgIpc) is 2.26. The molecule has 0 aliphatic rings. The summed E-state index contributed by atoms with van der Waals surface area (Å²) in [6.45, 7) is 1.68. The van der Waals surface area contributed by atoms with Crippen LogP contribution in [-0.4, -0.2) is 23.2 Å². The zero-order chi connectivity index (χ0) is 12.9. The molecule has 1 aromatic rings. The van der Waals surface area contributed by atoms with Crippen LogP contribution in [0.15, 0.2) is 24.3 Å². The number of aliphatic carboxylic acids is 1. The zero-order valence-corrected chi connectivity index (χ0v) is 9.53. The predicted octanol–water partition coefficient (Wildman–Crippen LogP) is 1.43. The zero-order valence-electron chi connectivity index (χ0n) is 9.53. The molecule has 0 aliphatic carbocycles. The molecule has 17 heavy (non-hydrogen) atoms. The van der Waals surface area contributed by atoms with E-state index in [0.29, 0.717) is 5.56 Å².